The molecule has 0 saturated heterocycles. The summed E-state index contributed by atoms with van der Waals surface area (Å²) in [6.07, 6.45) is 1.77. The van der Waals surface area contributed by atoms with Crippen LogP contribution in [0.1, 0.15) is 33.2 Å². The first-order valence-electron chi connectivity index (χ1n) is 6.62. The molecule has 2 N–H and O–H groups in total. The molecule has 5 nitrogen and oxygen atoms in total. The molecule has 1 aromatic heterocycles. The quantitative estimate of drug-likeness (QED) is 0.905. The van der Waals surface area contributed by atoms with Crippen molar-refractivity contribution in [2.75, 3.05) is 0 Å². The van der Waals surface area contributed by atoms with Gasteiger partial charge in [-0.3, -0.25) is 4.79 Å². The molecule has 2 rings (SSSR count). The molecule has 1 aromatic carbocycles. The molecule has 5 heteroatoms. The summed E-state index contributed by atoms with van der Waals surface area (Å²) in [5.74, 6) is -1.47. The number of carbonyl (C=O) groups excluding carboxylic acids is 1. The van der Waals surface area contributed by atoms with E-state index in [1.165, 1.54) is 0 Å². The van der Waals surface area contributed by atoms with E-state index < -0.39 is 12.0 Å². The Kier molecular flexibility index (Phi) is 4.12. The lowest BCUT2D eigenvalue weighted by molar-refractivity contribution is -0.139. The largest absolute Gasteiger partial charge is 0.479 e. The first-order chi connectivity index (χ1) is 9.90. The summed E-state index contributed by atoms with van der Waals surface area (Å²) in [5, 5.41) is 11.9. The molecular weight excluding hydrogens is 268 g/mol. The standard InChI is InChI=1S/C16H18N2O3/c1-10-5-4-6-12(9-10)14(16(20)21)17-15(19)13-7-8-18(3)11(13)2/h4-9,14H,1-3H3,(H,17,19)(H,20,21)/t14-/m1/s1. The number of nitrogens with zero attached hydrogens (tertiary/aromatic N) is 1. The number of aryl methyl sites for hydroxylation is 2. The molecule has 0 radical (unpaired) electrons. The van der Waals surface area contributed by atoms with Crippen LogP contribution in [0.5, 0.6) is 0 Å². The molecule has 0 spiro atoms. The highest BCUT2D eigenvalue weighted by Crippen LogP contribution is 2.17. The number of carboxylic acid groups (broad SMARTS) is 1. The van der Waals surface area contributed by atoms with Crippen LogP contribution in [0.15, 0.2) is 36.5 Å². The van der Waals surface area contributed by atoms with Crippen molar-refractivity contribution in [3.63, 3.8) is 0 Å². The van der Waals surface area contributed by atoms with Gasteiger partial charge in [0.2, 0.25) is 0 Å². The summed E-state index contributed by atoms with van der Waals surface area (Å²) in [6, 6.07) is 7.74. The second-order valence-electron chi connectivity index (χ2n) is 5.08. The number of nitrogens with one attached hydrogen (secondary N) is 1. The van der Waals surface area contributed by atoms with Crippen LogP contribution in [0.4, 0.5) is 0 Å². The fourth-order valence-electron chi connectivity index (χ4n) is 2.19. The van der Waals surface area contributed by atoms with Gasteiger partial charge in [-0.1, -0.05) is 29.8 Å². The Labute approximate surface area is 123 Å². The Morgan fingerprint density at radius 3 is 2.48 bits per heavy atom. The van der Waals surface area contributed by atoms with E-state index in [2.05, 4.69) is 5.32 Å². The molecule has 0 aliphatic rings. The number of aliphatic carboxylic acids is 1. The van der Waals surface area contributed by atoms with Gasteiger partial charge in [0.05, 0.1) is 5.56 Å². The van der Waals surface area contributed by atoms with E-state index in [1.54, 1.807) is 30.5 Å². The minimum Gasteiger partial charge on any atom is -0.479 e. The molecular formula is C16H18N2O3. The third-order valence-corrected chi connectivity index (χ3v) is 3.53. The first kappa shape index (κ1) is 14.8. The summed E-state index contributed by atoms with van der Waals surface area (Å²) in [4.78, 5) is 23.7. The van der Waals surface area contributed by atoms with Crippen molar-refractivity contribution >= 4 is 11.9 Å². The zero-order valence-electron chi connectivity index (χ0n) is 12.3. The topological polar surface area (TPSA) is 71.3 Å². The van der Waals surface area contributed by atoms with Gasteiger partial charge in [0, 0.05) is 18.9 Å². The summed E-state index contributed by atoms with van der Waals surface area (Å²) in [7, 11) is 1.83. The molecule has 1 amide bonds. The Morgan fingerprint density at radius 1 is 1.24 bits per heavy atom. The molecule has 2 aromatic rings. The second kappa shape index (κ2) is 5.83. The maximum Gasteiger partial charge on any atom is 0.330 e. The fourth-order valence-corrected chi connectivity index (χ4v) is 2.19. The number of rotatable bonds is 4. The minimum absolute atomic E-state index is 0.387. The van der Waals surface area contributed by atoms with Crippen LogP contribution in [0.25, 0.3) is 0 Å². The van der Waals surface area contributed by atoms with E-state index in [0.29, 0.717) is 11.1 Å². The third kappa shape index (κ3) is 3.13. The highest BCUT2D eigenvalue weighted by molar-refractivity contribution is 5.97. The second-order valence-corrected chi connectivity index (χ2v) is 5.08. The molecule has 0 aliphatic carbocycles. The van der Waals surface area contributed by atoms with Crippen molar-refractivity contribution in [1.29, 1.82) is 0 Å². The van der Waals surface area contributed by atoms with Crippen LogP contribution < -0.4 is 5.32 Å². The van der Waals surface area contributed by atoms with Crippen LogP contribution in [-0.4, -0.2) is 21.6 Å². The van der Waals surface area contributed by atoms with Gasteiger partial charge in [-0.25, -0.2) is 4.79 Å². The number of amides is 1. The summed E-state index contributed by atoms with van der Waals surface area (Å²) in [5.41, 5.74) is 2.78. The van der Waals surface area contributed by atoms with E-state index in [-0.39, 0.29) is 5.91 Å². The molecule has 0 saturated carbocycles. The Bertz CT molecular complexity index is 689. The van der Waals surface area contributed by atoms with E-state index in [1.807, 2.05) is 31.5 Å². The monoisotopic (exact) mass is 286 g/mol. The van der Waals surface area contributed by atoms with E-state index >= 15 is 0 Å². The fraction of sp³-hybridized carbons (Fsp3) is 0.250. The molecule has 1 atom stereocenters. The lowest BCUT2D eigenvalue weighted by atomic mass is 10.0. The first-order valence-corrected chi connectivity index (χ1v) is 6.62. The number of benzene rings is 1. The maximum absolute atomic E-state index is 12.3. The van der Waals surface area contributed by atoms with Gasteiger partial charge in [-0.15, -0.1) is 0 Å². The SMILES string of the molecule is Cc1cccc([C@@H](NC(=O)c2ccn(C)c2C)C(=O)O)c1. The van der Waals surface area contributed by atoms with Gasteiger partial charge in [-0.05, 0) is 25.5 Å². The smallest absolute Gasteiger partial charge is 0.330 e. The normalized spacial score (nSPS) is 12.0. The third-order valence-electron chi connectivity index (χ3n) is 3.53. The van der Waals surface area contributed by atoms with Crippen LogP contribution in [0, 0.1) is 13.8 Å². The number of hydrogen-bond donors (Lipinski definition) is 2. The highest BCUT2D eigenvalue weighted by atomic mass is 16.4. The van der Waals surface area contributed by atoms with E-state index in [4.69, 9.17) is 0 Å². The number of carboxylic acids is 1. The van der Waals surface area contributed by atoms with Crippen molar-refractivity contribution in [1.82, 2.24) is 9.88 Å². The van der Waals surface area contributed by atoms with Crippen molar-refractivity contribution in [2.45, 2.75) is 19.9 Å². The van der Waals surface area contributed by atoms with E-state index in [9.17, 15) is 14.7 Å². The van der Waals surface area contributed by atoms with Gasteiger partial charge in [0.25, 0.3) is 5.91 Å². The van der Waals surface area contributed by atoms with Crippen molar-refractivity contribution in [2.24, 2.45) is 7.05 Å². The Hall–Kier alpha value is -2.56. The predicted molar refractivity (Wildman–Crippen MR) is 79.2 cm³/mol. The van der Waals surface area contributed by atoms with Crippen LogP contribution >= 0.6 is 0 Å². The molecule has 0 aliphatic heterocycles. The zero-order valence-corrected chi connectivity index (χ0v) is 12.3. The van der Waals surface area contributed by atoms with E-state index in [0.717, 1.165) is 11.3 Å². The number of hydrogen-bond acceptors (Lipinski definition) is 2. The zero-order chi connectivity index (χ0) is 15.6. The minimum atomic E-state index is -1.08. The predicted octanol–water partition coefficient (Wildman–Crippen LogP) is 2.20. The van der Waals surface area contributed by atoms with Gasteiger partial charge in [0.1, 0.15) is 0 Å². The van der Waals surface area contributed by atoms with Crippen molar-refractivity contribution in [3.8, 4) is 0 Å². The lowest BCUT2D eigenvalue weighted by Crippen LogP contribution is -2.34. The molecule has 110 valence electrons. The highest BCUT2D eigenvalue weighted by Gasteiger charge is 2.23. The lowest BCUT2D eigenvalue weighted by Gasteiger charge is -2.15. The Balaban J connectivity index is 2.27. The molecule has 21 heavy (non-hydrogen) atoms. The van der Waals surface area contributed by atoms with Crippen LogP contribution in [0.2, 0.25) is 0 Å². The van der Waals surface area contributed by atoms with Gasteiger partial charge < -0.3 is 15.0 Å². The van der Waals surface area contributed by atoms with Gasteiger partial charge in [-0.2, -0.15) is 0 Å². The average Bonchev–Trinajstić information content (AvgIpc) is 2.76. The van der Waals surface area contributed by atoms with Crippen LogP contribution in [0.3, 0.4) is 0 Å². The maximum atomic E-state index is 12.3. The van der Waals surface area contributed by atoms with Crippen LogP contribution in [-0.2, 0) is 11.8 Å². The van der Waals surface area contributed by atoms with Crippen molar-refractivity contribution in [3.05, 3.63) is 58.9 Å². The number of aromatic nitrogens is 1. The Morgan fingerprint density at radius 2 is 1.95 bits per heavy atom. The molecule has 0 bridgehead atoms. The average molecular weight is 286 g/mol. The molecule has 0 unspecified atom stereocenters. The molecule has 0 fully saturated rings. The van der Waals surface area contributed by atoms with Gasteiger partial charge in [0.15, 0.2) is 6.04 Å². The van der Waals surface area contributed by atoms with Gasteiger partial charge >= 0.3 is 5.97 Å². The summed E-state index contributed by atoms with van der Waals surface area (Å²) in [6.45, 7) is 3.70. The number of carbonyl (C=O) groups is 2. The summed E-state index contributed by atoms with van der Waals surface area (Å²) < 4.78 is 1.82. The molecule has 1 heterocycles. The summed E-state index contributed by atoms with van der Waals surface area (Å²) >= 11 is 0. The van der Waals surface area contributed by atoms with Crippen molar-refractivity contribution < 1.29 is 14.7 Å².